The first-order valence-corrected chi connectivity index (χ1v) is 5.59. The number of hydrogen-bond acceptors (Lipinski definition) is 3. The van der Waals surface area contributed by atoms with Crippen LogP contribution in [0.3, 0.4) is 0 Å². The summed E-state index contributed by atoms with van der Waals surface area (Å²) in [6.45, 7) is 0.548. The quantitative estimate of drug-likeness (QED) is 0.657. The molecule has 1 aromatic rings. The highest BCUT2D eigenvalue weighted by Gasteiger charge is 2.08. The van der Waals surface area contributed by atoms with Gasteiger partial charge in [0.05, 0.1) is 12.7 Å². The number of terminal acetylenes is 1. The summed E-state index contributed by atoms with van der Waals surface area (Å²) in [6, 6.07) is 0. The number of aryl methyl sites for hydroxylation is 1. The van der Waals surface area contributed by atoms with Crippen molar-refractivity contribution in [3.05, 3.63) is 12.4 Å². The van der Waals surface area contributed by atoms with Crippen molar-refractivity contribution in [3.8, 4) is 12.3 Å². The second-order valence-electron chi connectivity index (χ2n) is 2.67. The van der Waals surface area contributed by atoms with Crippen LogP contribution in [0.2, 0.25) is 0 Å². The predicted molar refractivity (Wildman–Crippen MR) is 48.8 cm³/mol. The molecule has 0 aliphatic carbocycles. The Kier molecular flexibility index (Phi) is 2.73. The topological polar surface area (TPSA) is 52.0 Å². The number of rotatable bonds is 3. The fraction of sp³-hybridized carbons (Fsp3) is 0.375. The predicted octanol–water partition coefficient (Wildman–Crippen LogP) is 0.310. The standard InChI is InChI=1S/C8H10N2O2S/c1-3-4-5-10-7-8(6-9-10)13(2,11)12/h1,6-7H,4-5H2,2H3. The van der Waals surface area contributed by atoms with E-state index in [4.69, 9.17) is 6.42 Å². The summed E-state index contributed by atoms with van der Waals surface area (Å²) in [5.74, 6) is 2.45. The minimum absolute atomic E-state index is 0.226. The first kappa shape index (κ1) is 9.81. The average Bonchev–Trinajstić information content (AvgIpc) is 2.47. The zero-order chi connectivity index (χ0) is 9.90. The SMILES string of the molecule is C#CCCn1cc(S(C)(=O)=O)cn1. The number of sulfone groups is 1. The molecular formula is C8H10N2O2S. The summed E-state index contributed by atoms with van der Waals surface area (Å²) < 4.78 is 23.6. The fourth-order valence-corrected chi connectivity index (χ4v) is 1.39. The molecule has 0 spiro atoms. The Labute approximate surface area is 77.5 Å². The molecule has 0 atom stereocenters. The zero-order valence-electron chi connectivity index (χ0n) is 7.27. The maximum absolute atomic E-state index is 11.0. The van der Waals surface area contributed by atoms with Gasteiger partial charge in [-0.25, -0.2) is 8.42 Å². The normalized spacial score (nSPS) is 11.1. The summed E-state index contributed by atoms with van der Waals surface area (Å²) >= 11 is 0. The van der Waals surface area contributed by atoms with Gasteiger partial charge in [-0.1, -0.05) is 0 Å². The van der Waals surface area contributed by atoms with E-state index in [-0.39, 0.29) is 4.90 Å². The summed E-state index contributed by atoms with van der Waals surface area (Å²) in [6.07, 6.45) is 9.56. The van der Waals surface area contributed by atoms with Crippen LogP contribution in [0.1, 0.15) is 6.42 Å². The molecule has 0 aliphatic heterocycles. The second-order valence-corrected chi connectivity index (χ2v) is 4.68. The lowest BCUT2D eigenvalue weighted by Gasteiger charge is -1.94. The lowest BCUT2D eigenvalue weighted by Crippen LogP contribution is -1.98. The molecule has 1 aromatic heterocycles. The van der Waals surface area contributed by atoms with Gasteiger partial charge in [0.2, 0.25) is 0 Å². The highest BCUT2D eigenvalue weighted by molar-refractivity contribution is 7.90. The molecule has 0 saturated heterocycles. The third-order valence-corrected chi connectivity index (χ3v) is 2.59. The molecule has 4 nitrogen and oxygen atoms in total. The molecule has 0 saturated carbocycles. The van der Waals surface area contributed by atoms with Crippen LogP contribution in [-0.2, 0) is 16.4 Å². The van der Waals surface area contributed by atoms with Crippen molar-refractivity contribution >= 4 is 9.84 Å². The van der Waals surface area contributed by atoms with Gasteiger partial charge in [0.1, 0.15) is 4.90 Å². The van der Waals surface area contributed by atoms with E-state index in [9.17, 15) is 8.42 Å². The smallest absolute Gasteiger partial charge is 0.178 e. The van der Waals surface area contributed by atoms with Crippen LogP contribution >= 0.6 is 0 Å². The molecule has 1 rings (SSSR count). The number of nitrogens with zero attached hydrogens (tertiary/aromatic N) is 2. The van der Waals surface area contributed by atoms with E-state index in [0.717, 1.165) is 6.26 Å². The van der Waals surface area contributed by atoms with Gasteiger partial charge in [0.25, 0.3) is 0 Å². The minimum atomic E-state index is -3.14. The molecule has 5 heteroatoms. The monoisotopic (exact) mass is 198 g/mol. The van der Waals surface area contributed by atoms with E-state index in [1.165, 1.54) is 17.1 Å². The van der Waals surface area contributed by atoms with E-state index in [0.29, 0.717) is 13.0 Å². The van der Waals surface area contributed by atoms with Crippen LogP contribution in [-0.4, -0.2) is 24.5 Å². The van der Waals surface area contributed by atoms with Crippen molar-refractivity contribution < 1.29 is 8.42 Å². The Bertz CT molecular complexity index is 425. The maximum atomic E-state index is 11.0. The Morgan fingerprint density at radius 1 is 1.69 bits per heavy atom. The maximum Gasteiger partial charge on any atom is 0.178 e. The Hall–Kier alpha value is -1.28. The van der Waals surface area contributed by atoms with Crippen molar-refractivity contribution in [2.45, 2.75) is 17.9 Å². The molecule has 0 amide bonds. The Morgan fingerprint density at radius 3 is 2.85 bits per heavy atom. The van der Waals surface area contributed by atoms with Crippen LogP contribution in [0.15, 0.2) is 17.3 Å². The molecule has 1 heterocycles. The van der Waals surface area contributed by atoms with Gasteiger partial charge in [-0.2, -0.15) is 5.10 Å². The Balaban J connectivity index is 2.83. The average molecular weight is 198 g/mol. The van der Waals surface area contributed by atoms with Gasteiger partial charge in [-0.15, -0.1) is 12.3 Å². The van der Waals surface area contributed by atoms with Crippen LogP contribution in [0.5, 0.6) is 0 Å². The number of hydrogen-bond donors (Lipinski definition) is 0. The first-order chi connectivity index (χ1) is 6.04. The van der Waals surface area contributed by atoms with Crippen molar-refractivity contribution in [1.82, 2.24) is 9.78 Å². The molecule has 13 heavy (non-hydrogen) atoms. The summed E-state index contributed by atoms with van der Waals surface area (Å²) in [5, 5.41) is 3.86. The second kappa shape index (κ2) is 3.62. The van der Waals surface area contributed by atoms with Crippen LogP contribution in [0, 0.1) is 12.3 Å². The van der Waals surface area contributed by atoms with Crippen LogP contribution < -0.4 is 0 Å². The third kappa shape index (κ3) is 2.60. The molecule has 70 valence electrons. The molecule has 0 fully saturated rings. The van der Waals surface area contributed by atoms with Crippen molar-refractivity contribution in [3.63, 3.8) is 0 Å². The zero-order valence-corrected chi connectivity index (χ0v) is 8.08. The molecule has 0 radical (unpaired) electrons. The molecule has 0 aliphatic rings. The highest BCUT2D eigenvalue weighted by atomic mass is 32.2. The van der Waals surface area contributed by atoms with Gasteiger partial charge in [0.15, 0.2) is 9.84 Å². The van der Waals surface area contributed by atoms with Crippen molar-refractivity contribution in [2.75, 3.05) is 6.26 Å². The highest BCUT2D eigenvalue weighted by Crippen LogP contribution is 2.06. The summed E-state index contributed by atoms with van der Waals surface area (Å²) in [5.41, 5.74) is 0. The molecule has 0 aromatic carbocycles. The lowest BCUT2D eigenvalue weighted by atomic mass is 10.4. The van der Waals surface area contributed by atoms with Gasteiger partial charge < -0.3 is 0 Å². The van der Waals surface area contributed by atoms with E-state index in [1.54, 1.807) is 0 Å². The van der Waals surface area contributed by atoms with E-state index >= 15 is 0 Å². The number of aromatic nitrogens is 2. The summed E-state index contributed by atoms with van der Waals surface area (Å²) in [4.78, 5) is 0.226. The van der Waals surface area contributed by atoms with E-state index < -0.39 is 9.84 Å². The lowest BCUT2D eigenvalue weighted by molar-refractivity contribution is 0.600. The molecule has 0 bridgehead atoms. The molecule has 0 unspecified atom stereocenters. The molecular weight excluding hydrogens is 188 g/mol. The largest absolute Gasteiger partial charge is 0.270 e. The van der Waals surface area contributed by atoms with E-state index in [2.05, 4.69) is 11.0 Å². The van der Waals surface area contributed by atoms with Gasteiger partial charge in [-0.3, -0.25) is 4.68 Å². The van der Waals surface area contributed by atoms with Crippen molar-refractivity contribution in [2.24, 2.45) is 0 Å². The van der Waals surface area contributed by atoms with Gasteiger partial charge in [-0.05, 0) is 0 Å². The fourth-order valence-electron chi connectivity index (χ4n) is 0.837. The van der Waals surface area contributed by atoms with Gasteiger partial charge in [0, 0.05) is 18.9 Å². The summed E-state index contributed by atoms with van der Waals surface area (Å²) in [7, 11) is -3.14. The van der Waals surface area contributed by atoms with E-state index in [1.807, 2.05) is 0 Å². The van der Waals surface area contributed by atoms with Crippen molar-refractivity contribution in [1.29, 1.82) is 0 Å². The third-order valence-electron chi connectivity index (χ3n) is 1.52. The van der Waals surface area contributed by atoms with Gasteiger partial charge >= 0.3 is 0 Å². The van der Waals surface area contributed by atoms with Crippen LogP contribution in [0.4, 0.5) is 0 Å². The van der Waals surface area contributed by atoms with Crippen LogP contribution in [0.25, 0.3) is 0 Å². The Morgan fingerprint density at radius 2 is 2.38 bits per heavy atom. The first-order valence-electron chi connectivity index (χ1n) is 3.70. The molecule has 0 N–H and O–H groups in total. The minimum Gasteiger partial charge on any atom is -0.270 e.